The van der Waals surface area contributed by atoms with Gasteiger partial charge in [-0.2, -0.15) is 0 Å². The van der Waals surface area contributed by atoms with Crippen LogP contribution in [0.2, 0.25) is 0 Å². The smallest absolute Gasteiger partial charge is 0.399 e. The molecule has 0 atom stereocenters. The molecule has 3 nitrogen and oxygen atoms in total. The highest BCUT2D eigenvalue weighted by atomic mass is 19.1. The molecule has 1 N–H and O–H groups in total. The first kappa shape index (κ1) is 17.0. The second kappa shape index (κ2) is 6.23. The highest BCUT2D eigenvalue weighted by molar-refractivity contribution is 6.63. The molecule has 2 aromatic rings. The van der Waals surface area contributed by atoms with Crippen molar-refractivity contribution in [2.45, 2.75) is 45.4 Å². The van der Waals surface area contributed by atoms with E-state index < -0.39 is 7.12 Å². The van der Waals surface area contributed by atoms with Gasteiger partial charge in [-0.3, -0.25) is 0 Å². The standard InChI is InChI=1S/C19H23BFNO2/c1-18(2)19(3,4)24-20(23-18)16-7-5-6-8-17(16)22-13-14-9-11-15(21)12-10-14/h5-12,22H,13H2,1-4H3. The second-order valence-corrected chi connectivity index (χ2v) is 7.16. The van der Waals surface area contributed by atoms with Crippen molar-refractivity contribution in [2.24, 2.45) is 0 Å². The fourth-order valence-corrected chi connectivity index (χ4v) is 2.63. The lowest BCUT2D eigenvalue weighted by Gasteiger charge is -2.32. The SMILES string of the molecule is CC1(C)OB(c2ccccc2NCc2ccc(F)cc2)OC1(C)C. The van der Waals surface area contributed by atoms with Gasteiger partial charge in [-0.05, 0) is 51.5 Å². The number of hydrogen-bond acceptors (Lipinski definition) is 3. The average molecular weight is 327 g/mol. The molecular weight excluding hydrogens is 304 g/mol. The normalized spacial score (nSPS) is 18.6. The van der Waals surface area contributed by atoms with Crippen LogP contribution >= 0.6 is 0 Å². The third-order valence-electron chi connectivity index (χ3n) is 4.86. The fraction of sp³-hybridized carbons (Fsp3) is 0.368. The van der Waals surface area contributed by atoms with Crippen molar-refractivity contribution in [1.29, 1.82) is 0 Å². The Morgan fingerprint density at radius 3 is 2.12 bits per heavy atom. The minimum Gasteiger partial charge on any atom is -0.399 e. The predicted molar refractivity (Wildman–Crippen MR) is 95.9 cm³/mol. The summed E-state index contributed by atoms with van der Waals surface area (Å²) in [5, 5.41) is 3.40. The van der Waals surface area contributed by atoms with Crippen molar-refractivity contribution in [3.63, 3.8) is 0 Å². The van der Waals surface area contributed by atoms with Crippen molar-refractivity contribution in [1.82, 2.24) is 0 Å². The molecule has 2 aromatic carbocycles. The molecule has 5 heteroatoms. The van der Waals surface area contributed by atoms with Crippen molar-refractivity contribution in [3.8, 4) is 0 Å². The minimum absolute atomic E-state index is 0.226. The molecule has 0 aromatic heterocycles. The van der Waals surface area contributed by atoms with E-state index >= 15 is 0 Å². The first-order valence-electron chi connectivity index (χ1n) is 8.21. The molecule has 0 aliphatic carbocycles. The van der Waals surface area contributed by atoms with Crippen LogP contribution in [0.5, 0.6) is 0 Å². The number of halogens is 1. The van der Waals surface area contributed by atoms with Crippen LogP contribution in [0.25, 0.3) is 0 Å². The lowest BCUT2D eigenvalue weighted by atomic mass is 9.78. The van der Waals surface area contributed by atoms with Crippen LogP contribution in [-0.2, 0) is 15.9 Å². The number of anilines is 1. The van der Waals surface area contributed by atoms with Gasteiger partial charge in [-0.15, -0.1) is 0 Å². The summed E-state index contributed by atoms with van der Waals surface area (Å²) in [4.78, 5) is 0. The summed E-state index contributed by atoms with van der Waals surface area (Å²) in [6.45, 7) is 8.78. The summed E-state index contributed by atoms with van der Waals surface area (Å²) >= 11 is 0. The summed E-state index contributed by atoms with van der Waals surface area (Å²) < 4.78 is 25.3. The molecule has 0 amide bonds. The number of rotatable bonds is 4. The van der Waals surface area contributed by atoms with E-state index in [1.807, 2.05) is 52.0 Å². The van der Waals surface area contributed by atoms with E-state index in [-0.39, 0.29) is 17.0 Å². The average Bonchev–Trinajstić information content (AvgIpc) is 2.75. The summed E-state index contributed by atoms with van der Waals surface area (Å²) in [6.07, 6.45) is 0. The summed E-state index contributed by atoms with van der Waals surface area (Å²) in [5.41, 5.74) is 2.20. The van der Waals surface area contributed by atoms with E-state index in [9.17, 15) is 4.39 Å². The molecule has 0 unspecified atom stereocenters. The third kappa shape index (κ3) is 3.33. The quantitative estimate of drug-likeness (QED) is 0.868. The van der Waals surface area contributed by atoms with E-state index in [0.717, 1.165) is 16.7 Å². The molecule has 1 aliphatic heterocycles. The first-order valence-corrected chi connectivity index (χ1v) is 8.21. The molecule has 24 heavy (non-hydrogen) atoms. The Hall–Kier alpha value is -1.85. The van der Waals surface area contributed by atoms with Crippen LogP contribution in [0.3, 0.4) is 0 Å². The molecule has 1 fully saturated rings. The van der Waals surface area contributed by atoms with Gasteiger partial charge in [0.25, 0.3) is 0 Å². The topological polar surface area (TPSA) is 30.5 Å². The van der Waals surface area contributed by atoms with Crippen LogP contribution in [0.15, 0.2) is 48.5 Å². The Morgan fingerprint density at radius 2 is 1.50 bits per heavy atom. The molecule has 1 aliphatic rings. The monoisotopic (exact) mass is 327 g/mol. The molecule has 1 heterocycles. The zero-order valence-corrected chi connectivity index (χ0v) is 14.6. The van der Waals surface area contributed by atoms with Crippen molar-refractivity contribution < 1.29 is 13.7 Å². The molecule has 3 rings (SSSR count). The molecule has 126 valence electrons. The number of benzene rings is 2. The molecule has 0 radical (unpaired) electrons. The Labute approximate surface area is 143 Å². The fourth-order valence-electron chi connectivity index (χ4n) is 2.63. The molecule has 0 bridgehead atoms. The maximum Gasteiger partial charge on any atom is 0.496 e. The Balaban J connectivity index is 1.78. The number of nitrogens with one attached hydrogen (secondary N) is 1. The van der Waals surface area contributed by atoms with Gasteiger partial charge in [-0.1, -0.05) is 30.3 Å². The molecule has 0 saturated carbocycles. The maximum atomic E-state index is 13.0. The van der Waals surface area contributed by atoms with Crippen LogP contribution in [0.1, 0.15) is 33.3 Å². The van der Waals surface area contributed by atoms with Gasteiger partial charge in [0, 0.05) is 17.7 Å². The van der Waals surface area contributed by atoms with E-state index in [0.29, 0.717) is 6.54 Å². The Morgan fingerprint density at radius 1 is 0.917 bits per heavy atom. The lowest BCUT2D eigenvalue weighted by Crippen LogP contribution is -2.41. The number of hydrogen-bond donors (Lipinski definition) is 1. The Bertz CT molecular complexity index is 700. The highest BCUT2D eigenvalue weighted by Crippen LogP contribution is 2.37. The van der Waals surface area contributed by atoms with Gasteiger partial charge in [0.05, 0.1) is 11.2 Å². The second-order valence-electron chi connectivity index (χ2n) is 7.16. The number of para-hydroxylation sites is 1. The molecule has 0 spiro atoms. The van der Waals surface area contributed by atoms with E-state index in [2.05, 4.69) is 5.32 Å². The van der Waals surface area contributed by atoms with Gasteiger partial charge in [-0.25, -0.2) is 4.39 Å². The zero-order chi connectivity index (χ0) is 17.4. The van der Waals surface area contributed by atoms with Gasteiger partial charge in [0.2, 0.25) is 0 Å². The summed E-state index contributed by atoms with van der Waals surface area (Å²) in [6, 6.07) is 14.5. The van der Waals surface area contributed by atoms with Crippen LogP contribution in [0.4, 0.5) is 10.1 Å². The minimum atomic E-state index is -0.410. The van der Waals surface area contributed by atoms with Gasteiger partial charge < -0.3 is 14.6 Å². The van der Waals surface area contributed by atoms with Crippen LogP contribution < -0.4 is 10.8 Å². The van der Waals surface area contributed by atoms with E-state index in [1.165, 1.54) is 12.1 Å². The van der Waals surface area contributed by atoms with E-state index in [4.69, 9.17) is 9.31 Å². The van der Waals surface area contributed by atoms with Gasteiger partial charge in [0.1, 0.15) is 5.82 Å². The highest BCUT2D eigenvalue weighted by Gasteiger charge is 2.52. The maximum absolute atomic E-state index is 13.0. The predicted octanol–water partition coefficient (Wildman–Crippen LogP) is 3.74. The van der Waals surface area contributed by atoms with E-state index in [1.54, 1.807) is 12.1 Å². The molecule has 1 saturated heterocycles. The van der Waals surface area contributed by atoms with Crippen molar-refractivity contribution in [2.75, 3.05) is 5.32 Å². The zero-order valence-electron chi connectivity index (χ0n) is 14.6. The van der Waals surface area contributed by atoms with Gasteiger partial charge in [0.15, 0.2) is 0 Å². The van der Waals surface area contributed by atoms with Crippen molar-refractivity contribution >= 4 is 18.3 Å². The van der Waals surface area contributed by atoms with Crippen LogP contribution in [0, 0.1) is 5.82 Å². The van der Waals surface area contributed by atoms with Gasteiger partial charge >= 0.3 is 7.12 Å². The van der Waals surface area contributed by atoms with Crippen molar-refractivity contribution in [3.05, 3.63) is 59.9 Å². The lowest BCUT2D eigenvalue weighted by molar-refractivity contribution is 0.00578. The first-order chi connectivity index (χ1) is 11.3. The molecular formula is C19H23BFNO2. The van der Waals surface area contributed by atoms with Crippen LogP contribution in [-0.4, -0.2) is 18.3 Å². The largest absolute Gasteiger partial charge is 0.496 e. The summed E-state index contributed by atoms with van der Waals surface area (Å²) in [7, 11) is -0.410. The summed E-state index contributed by atoms with van der Waals surface area (Å²) in [5.74, 6) is -0.226. The third-order valence-corrected chi connectivity index (χ3v) is 4.86. The Kier molecular flexibility index (Phi) is 4.41.